The molecule has 0 N–H and O–H groups in total. The Labute approximate surface area is 69.5 Å². The molecule has 3 heteroatoms. The third-order valence-corrected chi connectivity index (χ3v) is 2.55. The quantitative estimate of drug-likeness (QED) is 0.628. The van der Waals surface area contributed by atoms with Crippen molar-refractivity contribution in [1.29, 1.82) is 0 Å². The highest BCUT2D eigenvalue weighted by Gasteiger charge is 2.17. The van der Waals surface area contributed by atoms with E-state index in [9.17, 15) is 0 Å². The molecule has 0 saturated heterocycles. The Kier molecular flexibility index (Phi) is 1.66. The highest BCUT2D eigenvalue weighted by atomic mass is 32.1. The van der Waals surface area contributed by atoms with Gasteiger partial charge < -0.3 is 4.84 Å². The Hall–Kier alpha value is -0.830. The minimum Gasteiger partial charge on any atom is -0.392 e. The fourth-order valence-corrected chi connectivity index (χ4v) is 1.81. The van der Waals surface area contributed by atoms with Crippen molar-refractivity contribution in [2.45, 2.75) is 19.4 Å². The monoisotopic (exact) mass is 167 g/mol. The number of hydrogen-bond acceptors (Lipinski definition) is 3. The summed E-state index contributed by atoms with van der Waals surface area (Å²) < 4.78 is 0. The molecule has 0 saturated carbocycles. The predicted octanol–water partition coefficient (Wildman–Crippen LogP) is 2.26. The summed E-state index contributed by atoms with van der Waals surface area (Å²) in [4.78, 5) is 6.31. The van der Waals surface area contributed by atoms with Crippen LogP contribution in [0.4, 0.5) is 0 Å². The largest absolute Gasteiger partial charge is 0.392 e. The van der Waals surface area contributed by atoms with Crippen LogP contribution < -0.4 is 0 Å². The van der Waals surface area contributed by atoms with Crippen LogP contribution in [0.15, 0.2) is 22.7 Å². The molecule has 0 spiro atoms. The SMILES string of the molecule is CC1CC(c2cccs2)=NO1. The van der Waals surface area contributed by atoms with Gasteiger partial charge in [0, 0.05) is 6.42 Å². The molecule has 1 aromatic rings. The summed E-state index contributed by atoms with van der Waals surface area (Å²) >= 11 is 1.71. The Morgan fingerprint density at radius 1 is 1.73 bits per heavy atom. The van der Waals surface area contributed by atoms with Crippen molar-refractivity contribution in [3.8, 4) is 0 Å². The van der Waals surface area contributed by atoms with Gasteiger partial charge >= 0.3 is 0 Å². The maximum atomic E-state index is 5.08. The van der Waals surface area contributed by atoms with E-state index in [1.54, 1.807) is 11.3 Å². The fraction of sp³-hybridized carbons (Fsp3) is 0.375. The smallest absolute Gasteiger partial charge is 0.130 e. The lowest BCUT2D eigenvalue weighted by Gasteiger charge is -1.94. The lowest BCUT2D eigenvalue weighted by molar-refractivity contribution is 0.0995. The molecule has 1 aromatic heterocycles. The van der Waals surface area contributed by atoms with Crippen LogP contribution in [0.2, 0.25) is 0 Å². The van der Waals surface area contributed by atoms with Gasteiger partial charge in [-0.1, -0.05) is 11.2 Å². The van der Waals surface area contributed by atoms with Gasteiger partial charge in [0.25, 0.3) is 0 Å². The zero-order valence-electron chi connectivity index (χ0n) is 6.28. The van der Waals surface area contributed by atoms with E-state index < -0.39 is 0 Å². The molecule has 2 heterocycles. The van der Waals surface area contributed by atoms with Crippen molar-refractivity contribution in [2.75, 3.05) is 0 Å². The minimum atomic E-state index is 0.257. The average Bonchev–Trinajstić information content (AvgIpc) is 2.55. The maximum absolute atomic E-state index is 5.08. The second-order valence-electron chi connectivity index (χ2n) is 2.64. The van der Waals surface area contributed by atoms with Gasteiger partial charge in [-0.05, 0) is 18.4 Å². The Bertz CT molecular complexity index is 266. The van der Waals surface area contributed by atoms with Crippen molar-refractivity contribution in [3.63, 3.8) is 0 Å². The Morgan fingerprint density at radius 2 is 2.64 bits per heavy atom. The van der Waals surface area contributed by atoms with Crippen LogP contribution in [0.5, 0.6) is 0 Å². The molecule has 58 valence electrons. The third kappa shape index (κ3) is 1.28. The third-order valence-electron chi connectivity index (χ3n) is 1.63. The molecule has 1 aliphatic rings. The maximum Gasteiger partial charge on any atom is 0.130 e. The molecule has 0 fully saturated rings. The summed E-state index contributed by atoms with van der Waals surface area (Å²) in [5, 5.41) is 6.04. The zero-order valence-corrected chi connectivity index (χ0v) is 7.10. The summed E-state index contributed by atoms with van der Waals surface area (Å²) in [6, 6.07) is 4.11. The van der Waals surface area contributed by atoms with Gasteiger partial charge in [-0.25, -0.2) is 0 Å². The van der Waals surface area contributed by atoms with Crippen LogP contribution in [0.1, 0.15) is 18.2 Å². The lowest BCUT2D eigenvalue weighted by Crippen LogP contribution is -2.01. The Balaban J connectivity index is 2.19. The van der Waals surface area contributed by atoms with Crippen molar-refractivity contribution in [3.05, 3.63) is 22.4 Å². The first-order valence-electron chi connectivity index (χ1n) is 3.63. The Morgan fingerprint density at radius 3 is 3.18 bits per heavy atom. The van der Waals surface area contributed by atoms with E-state index in [0.29, 0.717) is 0 Å². The van der Waals surface area contributed by atoms with E-state index in [4.69, 9.17) is 4.84 Å². The summed E-state index contributed by atoms with van der Waals surface area (Å²) in [5.74, 6) is 0. The first-order chi connectivity index (χ1) is 5.36. The summed E-state index contributed by atoms with van der Waals surface area (Å²) in [6.07, 6.45) is 1.20. The predicted molar refractivity (Wildman–Crippen MR) is 46.0 cm³/mol. The van der Waals surface area contributed by atoms with E-state index >= 15 is 0 Å². The molecule has 1 aliphatic heterocycles. The highest BCUT2D eigenvalue weighted by Crippen LogP contribution is 2.19. The number of rotatable bonds is 1. The molecular formula is C8H9NOS. The van der Waals surface area contributed by atoms with Crippen LogP contribution in [-0.4, -0.2) is 11.8 Å². The highest BCUT2D eigenvalue weighted by molar-refractivity contribution is 7.12. The molecule has 11 heavy (non-hydrogen) atoms. The van der Waals surface area contributed by atoms with Crippen molar-refractivity contribution < 1.29 is 4.84 Å². The van der Waals surface area contributed by atoms with Crippen LogP contribution in [0.25, 0.3) is 0 Å². The minimum absolute atomic E-state index is 0.257. The van der Waals surface area contributed by atoms with Crippen LogP contribution in [0, 0.1) is 0 Å². The topological polar surface area (TPSA) is 21.6 Å². The van der Waals surface area contributed by atoms with Crippen LogP contribution in [0.3, 0.4) is 0 Å². The number of hydrogen-bond donors (Lipinski definition) is 0. The summed E-state index contributed by atoms with van der Waals surface area (Å²) in [7, 11) is 0. The van der Waals surface area contributed by atoms with Crippen LogP contribution in [-0.2, 0) is 4.84 Å². The van der Waals surface area contributed by atoms with Gasteiger partial charge in [0.15, 0.2) is 0 Å². The van der Waals surface area contributed by atoms with Crippen molar-refractivity contribution in [1.82, 2.24) is 0 Å². The average molecular weight is 167 g/mol. The van der Waals surface area contributed by atoms with Gasteiger partial charge in [0.1, 0.15) is 11.8 Å². The normalized spacial score (nSPS) is 23.0. The second-order valence-corrected chi connectivity index (χ2v) is 3.58. The van der Waals surface area contributed by atoms with E-state index in [2.05, 4.69) is 16.6 Å². The van der Waals surface area contributed by atoms with Gasteiger partial charge in [-0.3, -0.25) is 0 Å². The van der Waals surface area contributed by atoms with Gasteiger partial charge in [-0.2, -0.15) is 0 Å². The molecule has 1 unspecified atom stereocenters. The molecule has 2 rings (SSSR count). The molecular weight excluding hydrogens is 158 g/mol. The van der Waals surface area contributed by atoms with E-state index in [1.165, 1.54) is 4.88 Å². The number of oxime groups is 1. The van der Waals surface area contributed by atoms with Crippen LogP contribution >= 0.6 is 11.3 Å². The van der Waals surface area contributed by atoms with Gasteiger partial charge in [0.2, 0.25) is 0 Å². The lowest BCUT2D eigenvalue weighted by atomic mass is 10.2. The first kappa shape index (κ1) is 6.85. The second kappa shape index (κ2) is 2.66. The van der Waals surface area contributed by atoms with Gasteiger partial charge in [0.05, 0.1) is 4.88 Å². The first-order valence-corrected chi connectivity index (χ1v) is 4.51. The number of nitrogens with zero attached hydrogens (tertiary/aromatic N) is 1. The molecule has 0 aliphatic carbocycles. The molecule has 0 amide bonds. The zero-order chi connectivity index (χ0) is 7.68. The molecule has 0 radical (unpaired) electrons. The van der Waals surface area contributed by atoms with E-state index in [1.807, 2.05) is 13.0 Å². The van der Waals surface area contributed by atoms with Crippen molar-refractivity contribution >= 4 is 17.0 Å². The molecule has 2 nitrogen and oxygen atoms in total. The van der Waals surface area contributed by atoms with E-state index in [0.717, 1.165) is 12.1 Å². The molecule has 0 aromatic carbocycles. The summed E-state index contributed by atoms with van der Waals surface area (Å²) in [5.41, 5.74) is 1.09. The molecule has 0 bridgehead atoms. The fourth-order valence-electron chi connectivity index (χ4n) is 1.09. The standard InChI is InChI=1S/C8H9NOS/c1-6-5-7(9-10-6)8-3-2-4-11-8/h2-4,6H,5H2,1H3. The molecule has 1 atom stereocenters. The van der Waals surface area contributed by atoms with E-state index in [-0.39, 0.29) is 6.10 Å². The van der Waals surface area contributed by atoms with Crippen molar-refractivity contribution in [2.24, 2.45) is 5.16 Å². The van der Waals surface area contributed by atoms with Gasteiger partial charge in [-0.15, -0.1) is 11.3 Å². The summed E-state index contributed by atoms with van der Waals surface area (Å²) in [6.45, 7) is 2.03. The number of thiophene rings is 1.